The smallest absolute Gasteiger partial charge is 0.269 e. The van der Waals surface area contributed by atoms with Gasteiger partial charge in [0.2, 0.25) is 0 Å². The summed E-state index contributed by atoms with van der Waals surface area (Å²) < 4.78 is 11.1. The monoisotopic (exact) mass is 455 g/mol. The molecule has 2 aromatic rings. The van der Waals surface area contributed by atoms with Crippen LogP contribution in [-0.4, -0.2) is 30.1 Å². The fourth-order valence-corrected chi connectivity index (χ4v) is 2.88. The zero-order valence-electron chi connectivity index (χ0n) is 18.2. The summed E-state index contributed by atoms with van der Waals surface area (Å²) in [6.45, 7) is 6.66. The summed E-state index contributed by atoms with van der Waals surface area (Å²) in [5.41, 5.74) is 5.76. The normalized spacial score (nSPS) is 10.0. The van der Waals surface area contributed by atoms with Crippen LogP contribution in [0.4, 0.5) is 0 Å². The van der Waals surface area contributed by atoms with Gasteiger partial charge in [-0.25, -0.2) is 0 Å². The van der Waals surface area contributed by atoms with E-state index in [0.29, 0.717) is 35.8 Å². The predicted octanol–water partition coefficient (Wildman–Crippen LogP) is 4.16. The van der Waals surface area contributed by atoms with E-state index in [1.54, 1.807) is 48.5 Å². The number of hydrazine groups is 1. The third-order valence-corrected chi connectivity index (χ3v) is 4.59. The summed E-state index contributed by atoms with van der Waals surface area (Å²) in [7, 11) is 0. The van der Waals surface area contributed by atoms with E-state index in [0.717, 1.165) is 25.7 Å². The first-order chi connectivity index (χ1) is 15.5. The van der Waals surface area contributed by atoms with Gasteiger partial charge in [-0.1, -0.05) is 51.0 Å². The fourth-order valence-electron chi connectivity index (χ4n) is 2.74. The molecule has 32 heavy (non-hydrogen) atoms. The highest BCUT2D eigenvalue weighted by molar-refractivity contribution is 7.80. The molecule has 3 N–H and O–H groups in total. The van der Waals surface area contributed by atoms with E-state index in [1.807, 2.05) is 6.07 Å². The Labute approximate surface area is 194 Å². The molecule has 0 spiro atoms. The van der Waals surface area contributed by atoms with Crippen molar-refractivity contribution in [2.75, 3.05) is 13.2 Å². The van der Waals surface area contributed by atoms with Crippen molar-refractivity contribution < 1.29 is 19.1 Å². The van der Waals surface area contributed by atoms with Crippen LogP contribution in [0.5, 0.6) is 11.5 Å². The lowest BCUT2D eigenvalue weighted by molar-refractivity contribution is 0.0933. The van der Waals surface area contributed by atoms with Crippen molar-refractivity contribution in [2.24, 2.45) is 0 Å². The third kappa shape index (κ3) is 8.39. The molecule has 170 valence electrons. The molecule has 0 saturated carbocycles. The summed E-state index contributed by atoms with van der Waals surface area (Å²) in [5.74, 6) is 0.285. The molecule has 0 radical (unpaired) electrons. The second-order valence-corrected chi connectivity index (χ2v) is 7.30. The van der Waals surface area contributed by atoms with Gasteiger partial charge in [0.25, 0.3) is 11.8 Å². The van der Waals surface area contributed by atoms with Crippen LogP contribution >= 0.6 is 12.2 Å². The first-order valence-electron chi connectivity index (χ1n) is 10.5. The summed E-state index contributed by atoms with van der Waals surface area (Å²) in [4.78, 5) is 24.9. The summed E-state index contributed by atoms with van der Waals surface area (Å²) in [6, 6.07) is 13.6. The van der Waals surface area contributed by atoms with Gasteiger partial charge in [0, 0.05) is 5.56 Å². The van der Waals surface area contributed by atoms with Gasteiger partial charge >= 0.3 is 0 Å². The second-order valence-electron chi connectivity index (χ2n) is 6.89. The molecule has 2 rings (SSSR count). The highest BCUT2D eigenvalue weighted by atomic mass is 32.1. The number of unbranched alkanes of at least 4 members (excludes halogenated alkanes) is 3. The molecule has 0 aliphatic rings. The molecule has 0 aliphatic carbocycles. The van der Waals surface area contributed by atoms with Gasteiger partial charge in [0.05, 0.1) is 12.2 Å². The molecule has 8 heteroatoms. The lowest BCUT2D eigenvalue weighted by atomic mass is 10.2. The van der Waals surface area contributed by atoms with Crippen molar-refractivity contribution in [3.8, 4) is 11.5 Å². The molecule has 0 heterocycles. The minimum atomic E-state index is -0.426. The van der Waals surface area contributed by atoms with Gasteiger partial charge in [-0.15, -0.1) is 0 Å². The van der Waals surface area contributed by atoms with E-state index in [9.17, 15) is 9.59 Å². The van der Waals surface area contributed by atoms with Crippen molar-refractivity contribution in [1.82, 2.24) is 16.2 Å². The highest BCUT2D eigenvalue weighted by Crippen LogP contribution is 2.18. The molecular formula is C24H29N3O4S. The Morgan fingerprint density at radius 2 is 1.72 bits per heavy atom. The zero-order chi connectivity index (χ0) is 23.2. The maximum atomic E-state index is 12.6. The maximum absolute atomic E-state index is 12.6. The molecule has 0 atom stereocenters. The minimum Gasteiger partial charge on any atom is -0.493 e. The van der Waals surface area contributed by atoms with E-state index in [2.05, 4.69) is 29.7 Å². The quantitative estimate of drug-likeness (QED) is 0.204. The molecule has 0 aromatic heterocycles. The molecule has 7 nitrogen and oxygen atoms in total. The lowest BCUT2D eigenvalue weighted by Gasteiger charge is -2.13. The second kappa shape index (κ2) is 13.8. The fraction of sp³-hybridized carbons (Fsp3) is 0.292. The van der Waals surface area contributed by atoms with Crippen LogP contribution in [-0.2, 0) is 0 Å². The average Bonchev–Trinajstić information content (AvgIpc) is 2.81. The maximum Gasteiger partial charge on any atom is 0.269 e. The molecule has 2 aromatic carbocycles. The number of thiocarbonyl (C=S) groups is 1. The van der Waals surface area contributed by atoms with Crippen LogP contribution < -0.4 is 25.6 Å². The predicted molar refractivity (Wildman–Crippen MR) is 129 cm³/mol. The number of benzene rings is 2. The van der Waals surface area contributed by atoms with Gasteiger partial charge in [0.1, 0.15) is 18.1 Å². The standard InChI is InChI=1S/C24H29N3O4S/c1-3-5-6-9-17-31-21-11-8-7-10-20(21)23(29)25-24(32)27-26-22(28)18-12-14-19(15-13-18)30-16-4-2/h4,7-8,10-15H,2-3,5-6,9,16-17H2,1H3,(H,26,28)(H2,25,27,29,32). The molecule has 0 unspecified atom stereocenters. The highest BCUT2D eigenvalue weighted by Gasteiger charge is 2.14. The van der Waals surface area contributed by atoms with Gasteiger partial charge in [-0.3, -0.25) is 25.8 Å². The molecule has 0 aliphatic heterocycles. The SMILES string of the molecule is C=CCOc1ccc(C(=O)NNC(=S)NC(=O)c2ccccc2OCCCCCC)cc1. The van der Waals surface area contributed by atoms with Crippen LogP contribution in [0.25, 0.3) is 0 Å². The van der Waals surface area contributed by atoms with Gasteiger partial charge < -0.3 is 9.47 Å². The van der Waals surface area contributed by atoms with E-state index >= 15 is 0 Å². The summed E-state index contributed by atoms with van der Waals surface area (Å²) >= 11 is 5.12. The Balaban J connectivity index is 1.83. The molecule has 0 bridgehead atoms. The van der Waals surface area contributed by atoms with Crippen LogP contribution in [0.15, 0.2) is 61.2 Å². The number of carbonyl (C=O) groups excluding carboxylic acids is 2. The first kappa shape index (κ1) is 24.9. The van der Waals surface area contributed by atoms with Crippen LogP contribution in [0.1, 0.15) is 53.3 Å². The van der Waals surface area contributed by atoms with Crippen molar-refractivity contribution in [1.29, 1.82) is 0 Å². The van der Waals surface area contributed by atoms with Crippen molar-refractivity contribution in [3.05, 3.63) is 72.3 Å². The van der Waals surface area contributed by atoms with E-state index in [-0.39, 0.29) is 5.11 Å². The zero-order valence-corrected chi connectivity index (χ0v) is 19.0. The number of carbonyl (C=O) groups is 2. The van der Waals surface area contributed by atoms with Crippen molar-refractivity contribution in [3.63, 3.8) is 0 Å². The van der Waals surface area contributed by atoms with Crippen LogP contribution in [0, 0.1) is 0 Å². The number of para-hydroxylation sites is 1. The first-order valence-corrected chi connectivity index (χ1v) is 10.9. The Bertz CT molecular complexity index is 916. The summed E-state index contributed by atoms with van der Waals surface area (Å²) in [6.07, 6.45) is 5.96. The molecule has 0 fully saturated rings. The Hall–Kier alpha value is -3.39. The number of rotatable bonds is 11. The number of hydrogen-bond acceptors (Lipinski definition) is 5. The van der Waals surface area contributed by atoms with Crippen LogP contribution in [0.2, 0.25) is 0 Å². The van der Waals surface area contributed by atoms with Gasteiger partial charge in [-0.2, -0.15) is 0 Å². The largest absolute Gasteiger partial charge is 0.493 e. The number of nitrogens with one attached hydrogen (secondary N) is 3. The van der Waals surface area contributed by atoms with Gasteiger partial charge in [0.15, 0.2) is 5.11 Å². The van der Waals surface area contributed by atoms with Crippen LogP contribution in [0.3, 0.4) is 0 Å². The van der Waals surface area contributed by atoms with Gasteiger partial charge in [-0.05, 0) is 55.0 Å². The Morgan fingerprint density at radius 3 is 2.44 bits per heavy atom. The molecule has 2 amide bonds. The Kier molecular flexibility index (Phi) is 10.7. The van der Waals surface area contributed by atoms with E-state index in [4.69, 9.17) is 21.7 Å². The van der Waals surface area contributed by atoms with Crippen molar-refractivity contribution in [2.45, 2.75) is 32.6 Å². The molecule has 0 saturated heterocycles. The number of amides is 2. The minimum absolute atomic E-state index is 0.0352. The number of ether oxygens (including phenoxy) is 2. The topological polar surface area (TPSA) is 88.7 Å². The number of hydrogen-bond donors (Lipinski definition) is 3. The van der Waals surface area contributed by atoms with E-state index in [1.165, 1.54) is 0 Å². The Morgan fingerprint density at radius 1 is 0.969 bits per heavy atom. The third-order valence-electron chi connectivity index (χ3n) is 4.39. The average molecular weight is 456 g/mol. The summed E-state index contributed by atoms with van der Waals surface area (Å²) in [5, 5.41) is 2.51. The lowest BCUT2D eigenvalue weighted by Crippen LogP contribution is -2.48. The van der Waals surface area contributed by atoms with E-state index < -0.39 is 11.8 Å². The molecular weight excluding hydrogens is 426 g/mol. The van der Waals surface area contributed by atoms with Crippen molar-refractivity contribution >= 4 is 29.1 Å².